The predicted molar refractivity (Wildman–Crippen MR) is 163 cm³/mol. The first-order chi connectivity index (χ1) is 20.8. The summed E-state index contributed by atoms with van der Waals surface area (Å²) in [6, 6.07) is 16.1. The molecule has 13 nitrogen and oxygen atoms in total. The molecule has 1 amide bonds. The van der Waals surface area contributed by atoms with Gasteiger partial charge in [0, 0.05) is 25.4 Å². The summed E-state index contributed by atoms with van der Waals surface area (Å²) >= 11 is 0. The van der Waals surface area contributed by atoms with Gasteiger partial charge in [0.2, 0.25) is 15.9 Å². The number of hydrogen-bond donors (Lipinski definition) is 4. The first-order valence-electron chi connectivity index (χ1n) is 13.7. The Labute approximate surface area is 257 Å². The summed E-state index contributed by atoms with van der Waals surface area (Å²) in [5.74, 6) is 0.826. The van der Waals surface area contributed by atoms with E-state index in [1.807, 2.05) is 13.8 Å². The topological polar surface area (TPSA) is 185 Å². The van der Waals surface area contributed by atoms with E-state index in [1.165, 1.54) is 43.6 Å². The van der Waals surface area contributed by atoms with E-state index < -0.39 is 35.9 Å². The number of hydrogen-bond acceptors (Lipinski definition) is 9. The largest absolute Gasteiger partial charge is 0.497 e. The van der Waals surface area contributed by atoms with Gasteiger partial charge in [0.05, 0.1) is 30.3 Å². The predicted octanol–water partition coefficient (Wildman–Crippen LogP) is 3.62. The second kappa shape index (κ2) is 15.9. The molecule has 0 bridgehead atoms. The minimum atomic E-state index is -4.03. The average Bonchev–Trinajstić information content (AvgIpc) is 2.97. The van der Waals surface area contributed by atoms with Crippen LogP contribution in [0.3, 0.4) is 0 Å². The number of para-hydroxylation sites is 1. The van der Waals surface area contributed by atoms with Crippen LogP contribution in [0, 0.1) is 5.92 Å². The van der Waals surface area contributed by atoms with Crippen LogP contribution in [0.25, 0.3) is 0 Å². The fourth-order valence-electron chi connectivity index (χ4n) is 4.18. The van der Waals surface area contributed by atoms with Crippen LogP contribution in [0.5, 0.6) is 17.4 Å². The number of nitrogens with zero attached hydrogens (tertiary/aromatic N) is 2. The van der Waals surface area contributed by atoms with Crippen molar-refractivity contribution in [3.05, 3.63) is 78.5 Å². The van der Waals surface area contributed by atoms with Gasteiger partial charge >= 0.3 is 13.7 Å². The lowest BCUT2D eigenvalue weighted by molar-refractivity contribution is 0.0980. The smallest absolute Gasteiger partial charge is 0.404 e. The fourth-order valence-corrected chi connectivity index (χ4v) is 6.67. The van der Waals surface area contributed by atoms with E-state index in [0.29, 0.717) is 11.3 Å². The van der Waals surface area contributed by atoms with Crippen molar-refractivity contribution in [1.82, 2.24) is 14.6 Å². The molecule has 0 saturated heterocycles. The Kier molecular flexibility index (Phi) is 12.6. The number of aliphatic hydroxyl groups is 1. The van der Waals surface area contributed by atoms with Gasteiger partial charge in [0.1, 0.15) is 18.1 Å². The van der Waals surface area contributed by atoms with Crippen LogP contribution in [-0.4, -0.2) is 84.0 Å². The second-order valence-electron chi connectivity index (χ2n) is 10.3. The molecule has 4 N–H and O–H groups in total. The highest BCUT2D eigenvalue weighted by atomic mass is 32.2. The molecule has 240 valence electrons. The number of pyridine rings is 1. The van der Waals surface area contributed by atoms with E-state index in [-0.39, 0.29) is 54.7 Å². The summed E-state index contributed by atoms with van der Waals surface area (Å²) in [7, 11) is -6.52. The number of ether oxygens (including phenoxy) is 2. The van der Waals surface area contributed by atoms with Gasteiger partial charge in [-0.15, -0.1) is 0 Å². The highest BCUT2D eigenvalue weighted by molar-refractivity contribution is 7.89. The number of aliphatic hydroxyl groups excluding tert-OH is 1. The standard InChI is InChI=1S/C29H38N3O10PS/c1-21(2)19-32(44(38,39)25-12-10-23(40-3)11-13-25)20-27(33)26(31-29(34)35)17-22-9-14-28(30-18-22)41-15-16-43(36,37)42-24-7-5-4-6-8-24/h4-14,18,21,26-27,31,33H,15-17,19-20H2,1-3H3,(H,34,35)(H,36,37)/t26-,27+/m0/s1. The second-order valence-corrected chi connectivity index (χ2v) is 14.2. The molecule has 1 unspecified atom stereocenters. The molecule has 0 aliphatic heterocycles. The van der Waals surface area contributed by atoms with Gasteiger partial charge in [-0.25, -0.2) is 22.8 Å². The molecule has 0 saturated carbocycles. The maximum Gasteiger partial charge on any atom is 0.404 e. The maximum absolute atomic E-state index is 13.5. The summed E-state index contributed by atoms with van der Waals surface area (Å²) < 4.78 is 56.1. The first kappa shape index (κ1) is 34.8. The lowest BCUT2D eigenvalue weighted by Crippen LogP contribution is -2.50. The van der Waals surface area contributed by atoms with Gasteiger partial charge < -0.3 is 34.4 Å². The highest BCUT2D eigenvalue weighted by Gasteiger charge is 2.31. The van der Waals surface area contributed by atoms with Crippen molar-refractivity contribution >= 4 is 23.7 Å². The SMILES string of the molecule is COc1ccc(S(=O)(=O)N(CC(C)C)C[C@@H](O)[C@H](Cc2ccc(OCCP(=O)(O)Oc3ccccc3)nc2)NC(=O)O)cc1. The van der Waals surface area contributed by atoms with Gasteiger partial charge in [-0.2, -0.15) is 4.31 Å². The van der Waals surface area contributed by atoms with Gasteiger partial charge in [0.25, 0.3) is 0 Å². The first-order valence-corrected chi connectivity index (χ1v) is 17.0. The summed E-state index contributed by atoms with van der Waals surface area (Å²) in [5.41, 5.74) is 0.531. The average molecular weight is 652 g/mol. The number of aromatic nitrogens is 1. The Morgan fingerprint density at radius 1 is 1.02 bits per heavy atom. The molecule has 3 rings (SSSR count). The molecule has 0 aliphatic rings. The van der Waals surface area contributed by atoms with Crippen molar-refractivity contribution in [2.75, 3.05) is 33.0 Å². The van der Waals surface area contributed by atoms with E-state index in [1.54, 1.807) is 36.4 Å². The Morgan fingerprint density at radius 3 is 2.27 bits per heavy atom. The normalized spacial score (nSPS) is 14.4. The number of carbonyl (C=O) groups is 1. The van der Waals surface area contributed by atoms with Crippen LogP contribution in [0.1, 0.15) is 19.4 Å². The molecule has 1 heterocycles. The molecule has 0 radical (unpaired) electrons. The number of sulfonamides is 1. The number of methoxy groups -OCH3 is 1. The Bertz CT molecular complexity index is 1490. The Morgan fingerprint density at radius 2 is 1.70 bits per heavy atom. The van der Waals surface area contributed by atoms with Crippen LogP contribution < -0.4 is 19.3 Å². The van der Waals surface area contributed by atoms with Crippen molar-refractivity contribution in [3.8, 4) is 17.4 Å². The summed E-state index contributed by atoms with van der Waals surface area (Å²) in [6.07, 6.45) is -1.67. The molecule has 0 spiro atoms. The number of nitrogens with one attached hydrogen (secondary N) is 1. The molecule has 3 aromatic rings. The molecule has 0 aliphatic carbocycles. The minimum absolute atomic E-state index is 0.00436. The van der Waals surface area contributed by atoms with Crippen molar-refractivity contribution in [2.45, 2.75) is 37.3 Å². The number of benzene rings is 2. The quantitative estimate of drug-likeness (QED) is 0.156. The third-order valence-corrected chi connectivity index (χ3v) is 9.39. The zero-order valence-corrected chi connectivity index (χ0v) is 26.4. The number of amides is 1. The monoisotopic (exact) mass is 651 g/mol. The summed E-state index contributed by atoms with van der Waals surface area (Å²) in [5, 5.41) is 22.8. The van der Waals surface area contributed by atoms with Gasteiger partial charge in [0.15, 0.2) is 0 Å². The lowest BCUT2D eigenvalue weighted by Gasteiger charge is -2.30. The van der Waals surface area contributed by atoms with Gasteiger partial charge in [-0.3, -0.25) is 0 Å². The van der Waals surface area contributed by atoms with Crippen LogP contribution in [-0.2, 0) is 21.0 Å². The third kappa shape index (κ3) is 10.8. The van der Waals surface area contributed by atoms with E-state index in [4.69, 9.17) is 14.0 Å². The molecule has 15 heteroatoms. The molecule has 2 aromatic carbocycles. The van der Waals surface area contributed by atoms with Crippen LogP contribution in [0.2, 0.25) is 0 Å². The molecule has 1 aromatic heterocycles. The summed E-state index contributed by atoms with van der Waals surface area (Å²) in [6.45, 7) is 3.25. The Balaban J connectivity index is 1.65. The number of rotatable bonds is 17. The van der Waals surface area contributed by atoms with Crippen molar-refractivity contribution in [1.29, 1.82) is 0 Å². The van der Waals surface area contributed by atoms with E-state index in [9.17, 15) is 32.9 Å². The minimum Gasteiger partial charge on any atom is -0.497 e. The van der Waals surface area contributed by atoms with Gasteiger partial charge in [-0.1, -0.05) is 38.1 Å². The third-order valence-electron chi connectivity index (χ3n) is 6.30. The van der Waals surface area contributed by atoms with Crippen molar-refractivity contribution in [3.63, 3.8) is 0 Å². The molecule has 3 atom stereocenters. The van der Waals surface area contributed by atoms with Gasteiger partial charge in [-0.05, 0) is 54.3 Å². The Hall–Kier alpha value is -3.68. The summed E-state index contributed by atoms with van der Waals surface area (Å²) in [4.78, 5) is 25.8. The lowest BCUT2D eigenvalue weighted by atomic mass is 10.0. The van der Waals surface area contributed by atoms with Crippen LogP contribution in [0.15, 0.2) is 77.8 Å². The van der Waals surface area contributed by atoms with E-state index >= 15 is 0 Å². The molecular weight excluding hydrogens is 613 g/mol. The van der Waals surface area contributed by atoms with Crippen molar-refractivity contribution < 1.29 is 46.9 Å². The van der Waals surface area contributed by atoms with Crippen LogP contribution in [0.4, 0.5) is 4.79 Å². The molecule has 0 fully saturated rings. The fraction of sp³-hybridized carbons (Fsp3) is 0.379. The maximum atomic E-state index is 13.5. The van der Waals surface area contributed by atoms with E-state index in [0.717, 1.165) is 4.31 Å². The van der Waals surface area contributed by atoms with Crippen molar-refractivity contribution in [2.24, 2.45) is 5.92 Å². The zero-order valence-electron chi connectivity index (χ0n) is 24.6. The number of carboxylic acid groups (broad SMARTS) is 1. The zero-order chi connectivity index (χ0) is 32.3. The van der Waals surface area contributed by atoms with Crippen LogP contribution >= 0.6 is 7.60 Å². The molecular formula is C29H38N3O10PS. The highest BCUT2D eigenvalue weighted by Crippen LogP contribution is 2.42. The molecule has 44 heavy (non-hydrogen) atoms. The van der Waals surface area contributed by atoms with E-state index in [2.05, 4.69) is 10.3 Å².